The van der Waals surface area contributed by atoms with E-state index in [0.29, 0.717) is 19.3 Å². The van der Waals surface area contributed by atoms with Gasteiger partial charge in [-0.1, -0.05) is 327 Å². The van der Waals surface area contributed by atoms with Crippen LogP contribution in [0.4, 0.5) is 0 Å². The highest BCUT2D eigenvalue weighted by Gasteiger charge is 2.28. The second kappa shape index (κ2) is 59.7. The van der Waals surface area contributed by atoms with Crippen molar-refractivity contribution in [2.45, 2.75) is 379 Å². The summed E-state index contributed by atoms with van der Waals surface area (Å²) in [4.78, 5) is 12.6. The fraction of sp³-hybridized carbons (Fsp3) is 0.923. The van der Waals surface area contributed by atoms with E-state index in [1.54, 1.807) is 0 Å². The van der Waals surface area contributed by atoms with Crippen molar-refractivity contribution in [1.29, 1.82) is 0 Å². The maximum atomic E-state index is 12.6. The van der Waals surface area contributed by atoms with E-state index in [9.17, 15) is 25.2 Å². The molecule has 4 atom stereocenters. The van der Waals surface area contributed by atoms with Crippen LogP contribution in [0.1, 0.15) is 354 Å². The number of amides is 1. The minimum Gasteiger partial charge on any atom is -0.394 e. The topological polar surface area (TPSA) is 110 Å². The van der Waals surface area contributed by atoms with E-state index in [1.807, 2.05) is 0 Å². The van der Waals surface area contributed by atoms with Gasteiger partial charge >= 0.3 is 0 Å². The molecule has 0 saturated heterocycles. The van der Waals surface area contributed by atoms with Crippen molar-refractivity contribution in [1.82, 2.24) is 5.32 Å². The SMILES string of the molecule is CCCCCCCCCCCC/C=C/CC/C=C/CCCC(O)C(O)C(CO)NC(=O)C(O)CCCCCCCCCCCCCCCCCCCCCCCCCCCCCCCCCCCCCC. The lowest BCUT2D eigenvalue weighted by atomic mass is 10.00. The summed E-state index contributed by atoms with van der Waals surface area (Å²) in [7, 11) is 0. The Hall–Kier alpha value is -1.21. The van der Waals surface area contributed by atoms with Crippen molar-refractivity contribution in [3.05, 3.63) is 24.3 Å². The molecule has 0 fully saturated rings. The van der Waals surface area contributed by atoms with Crippen LogP contribution >= 0.6 is 0 Å². The number of hydrogen-bond acceptors (Lipinski definition) is 5. The summed E-state index contributed by atoms with van der Waals surface area (Å²) in [6, 6.07) is -1.01. The van der Waals surface area contributed by atoms with Gasteiger partial charge in [-0.15, -0.1) is 0 Å². The van der Waals surface area contributed by atoms with Crippen molar-refractivity contribution >= 4 is 5.91 Å². The minimum atomic E-state index is -1.29. The Kier molecular flexibility index (Phi) is 58.6. The zero-order chi connectivity index (χ0) is 51.6. The van der Waals surface area contributed by atoms with Gasteiger partial charge in [0, 0.05) is 0 Å². The van der Waals surface area contributed by atoms with Crippen LogP contribution in [0.25, 0.3) is 0 Å². The van der Waals surface area contributed by atoms with Gasteiger partial charge in [0.25, 0.3) is 0 Å². The van der Waals surface area contributed by atoms with Crippen molar-refractivity contribution in [3.8, 4) is 0 Å². The highest BCUT2D eigenvalue weighted by molar-refractivity contribution is 5.80. The maximum absolute atomic E-state index is 12.6. The van der Waals surface area contributed by atoms with Crippen LogP contribution in [-0.4, -0.2) is 57.3 Å². The minimum absolute atomic E-state index is 0.365. The average molecular weight is 1000 g/mol. The lowest BCUT2D eigenvalue weighted by Crippen LogP contribution is -2.53. The number of aliphatic hydroxyl groups is 4. The second-order valence-electron chi connectivity index (χ2n) is 22.5. The molecule has 0 aromatic rings. The molecule has 0 aliphatic heterocycles. The van der Waals surface area contributed by atoms with Crippen LogP contribution in [0, 0.1) is 0 Å². The van der Waals surface area contributed by atoms with E-state index in [0.717, 1.165) is 38.5 Å². The van der Waals surface area contributed by atoms with Gasteiger partial charge in [0.05, 0.1) is 18.8 Å². The molecule has 0 spiro atoms. The largest absolute Gasteiger partial charge is 0.394 e. The van der Waals surface area contributed by atoms with Gasteiger partial charge in [-0.25, -0.2) is 0 Å². The highest BCUT2D eigenvalue weighted by Crippen LogP contribution is 2.19. The van der Waals surface area contributed by atoms with Gasteiger partial charge in [0.15, 0.2) is 0 Å². The molecule has 0 aromatic carbocycles. The molecular weight excluding hydrogens is 875 g/mol. The third-order valence-electron chi connectivity index (χ3n) is 15.4. The van der Waals surface area contributed by atoms with Crippen molar-refractivity contribution in [2.75, 3.05) is 6.61 Å². The first kappa shape index (κ1) is 69.8. The summed E-state index contributed by atoms with van der Waals surface area (Å²) in [6.07, 6.45) is 74.4. The standard InChI is InChI=1S/C65H127NO5/c1-3-5-7-9-11-13-15-17-19-21-23-24-25-26-27-28-29-30-31-32-33-34-35-36-37-38-39-41-43-45-47-49-51-53-55-57-59-63(69)65(71)66-61(60-67)64(70)62(68)58-56-54-52-50-48-46-44-42-40-22-20-18-16-14-12-10-8-6-4-2/h42,44,50,52,61-64,67-70H,3-41,43,45-49,51,53-60H2,1-2H3,(H,66,71)/b44-42+,52-50+. The first-order valence-electron chi connectivity index (χ1n) is 32.2. The van der Waals surface area contributed by atoms with Gasteiger partial charge < -0.3 is 25.7 Å². The molecule has 0 saturated carbocycles. The monoisotopic (exact) mass is 1000 g/mol. The van der Waals surface area contributed by atoms with Gasteiger partial charge in [-0.05, 0) is 51.4 Å². The van der Waals surface area contributed by atoms with Crippen LogP contribution in [0.5, 0.6) is 0 Å². The summed E-state index contributed by atoms with van der Waals surface area (Å²) < 4.78 is 0. The van der Waals surface area contributed by atoms with Gasteiger partial charge in [-0.3, -0.25) is 4.79 Å². The number of hydrogen-bond donors (Lipinski definition) is 5. The molecule has 0 aromatic heterocycles. The Morgan fingerprint density at radius 1 is 0.338 bits per heavy atom. The van der Waals surface area contributed by atoms with E-state index in [1.165, 1.54) is 283 Å². The van der Waals surface area contributed by atoms with Crippen LogP contribution < -0.4 is 5.32 Å². The summed E-state index contributed by atoms with van der Waals surface area (Å²) in [6.45, 7) is 4.08. The summed E-state index contributed by atoms with van der Waals surface area (Å²) in [5.41, 5.74) is 0. The van der Waals surface area contributed by atoms with Gasteiger partial charge in [0.1, 0.15) is 12.2 Å². The maximum Gasteiger partial charge on any atom is 0.249 e. The van der Waals surface area contributed by atoms with E-state index in [4.69, 9.17) is 0 Å². The number of carbonyl (C=O) groups excluding carboxylic acids is 1. The predicted octanol–water partition coefficient (Wildman–Crippen LogP) is 19.4. The highest BCUT2D eigenvalue weighted by atomic mass is 16.3. The summed E-state index contributed by atoms with van der Waals surface area (Å²) >= 11 is 0. The molecule has 5 N–H and O–H groups in total. The third-order valence-corrected chi connectivity index (χ3v) is 15.4. The Labute approximate surface area is 444 Å². The Bertz CT molecular complexity index is 1080. The third kappa shape index (κ3) is 53.4. The number of rotatable bonds is 60. The molecule has 0 radical (unpaired) electrons. The molecule has 71 heavy (non-hydrogen) atoms. The number of nitrogens with one attached hydrogen (secondary N) is 1. The van der Waals surface area contributed by atoms with Crippen LogP contribution in [0.2, 0.25) is 0 Å². The zero-order valence-electron chi connectivity index (χ0n) is 48.0. The molecule has 6 nitrogen and oxygen atoms in total. The summed E-state index contributed by atoms with van der Waals surface area (Å²) in [5.74, 6) is -0.591. The Balaban J connectivity index is 3.53. The van der Waals surface area contributed by atoms with Gasteiger partial charge in [-0.2, -0.15) is 0 Å². The van der Waals surface area contributed by atoms with E-state index >= 15 is 0 Å². The molecular formula is C65H127NO5. The Morgan fingerprint density at radius 3 is 0.887 bits per heavy atom. The molecule has 6 heteroatoms. The molecule has 1 amide bonds. The number of allylic oxidation sites excluding steroid dienone is 4. The van der Waals surface area contributed by atoms with Crippen molar-refractivity contribution < 1.29 is 25.2 Å². The quantitative estimate of drug-likeness (QED) is 0.0308. The van der Waals surface area contributed by atoms with E-state index in [-0.39, 0.29) is 0 Å². The lowest BCUT2D eigenvalue weighted by Gasteiger charge is -2.27. The molecule has 0 aliphatic carbocycles. The predicted molar refractivity (Wildman–Crippen MR) is 311 cm³/mol. The average Bonchev–Trinajstić information content (AvgIpc) is 3.38. The van der Waals surface area contributed by atoms with Crippen molar-refractivity contribution in [2.24, 2.45) is 0 Å². The van der Waals surface area contributed by atoms with Crippen LogP contribution in [0.15, 0.2) is 24.3 Å². The number of carbonyl (C=O) groups is 1. The van der Waals surface area contributed by atoms with E-state index < -0.39 is 36.9 Å². The molecule has 0 bridgehead atoms. The van der Waals surface area contributed by atoms with Crippen LogP contribution in [0.3, 0.4) is 0 Å². The first-order chi connectivity index (χ1) is 35.0. The molecule has 4 unspecified atom stereocenters. The molecule has 0 aliphatic rings. The van der Waals surface area contributed by atoms with Crippen LogP contribution in [-0.2, 0) is 4.79 Å². The number of unbranched alkanes of at least 4 members (excludes halogenated alkanes) is 47. The zero-order valence-corrected chi connectivity index (χ0v) is 48.0. The van der Waals surface area contributed by atoms with Crippen molar-refractivity contribution in [3.63, 3.8) is 0 Å². The molecule has 422 valence electrons. The second-order valence-corrected chi connectivity index (χ2v) is 22.5. The van der Waals surface area contributed by atoms with Gasteiger partial charge in [0.2, 0.25) is 5.91 Å². The molecule has 0 rings (SSSR count). The fourth-order valence-corrected chi connectivity index (χ4v) is 10.4. The smallest absolute Gasteiger partial charge is 0.249 e. The Morgan fingerprint density at radius 2 is 0.592 bits per heavy atom. The fourth-order valence-electron chi connectivity index (χ4n) is 10.4. The summed E-state index contributed by atoms with van der Waals surface area (Å²) in [5, 5.41) is 44.0. The number of aliphatic hydroxyl groups excluding tert-OH is 4. The lowest BCUT2D eigenvalue weighted by molar-refractivity contribution is -0.132. The normalized spacial score (nSPS) is 13.7. The van der Waals surface area contributed by atoms with E-state index in [2.05, 4.69) is 43.5 Å². The first-order valence-corrected chi connectivity index (χ1v) is 32.2. The molecule has 0 heterocycles.